The van der Waals surface area contributed by atoms with Gasteiger partial charge in [0.05, 0.1) is 0 Å². The lowest BCUT2D eigenvalue weighted by Gasteiger charge is -2.45. The molecule has 1 saturated carbocycles. The van der Waals surface area contributed by atoms with Crippen LogP contribution in [0.3, 0.4) is 0 Å². The molecule has 0 aromatic carbocycles. The van der Waals surface area contributed by atoms with E-state index in [9.17, 15) is 4.21 Å². The summed E-state index contributed by atoms with van der Waals surface area (Å²) < 4.78 is 11.1. The van der Waals surface area contributed by atoms with Crippen molar-refractivity contribution in [2.24, 2.45) is 0 Å². The number of nitrogens with zero attached hydrogens (tertiary/aromatic N) is 1. The van der Waals surface area contributed by atoms with Crippen LogP contribution >= 0.6 is 0 Å². The zero-order chi connectivity index (χ0) is 12.3. The number of hydrogen-bond donors (Lipinski definition) is 1. The molecule has 17 heavy (non-hydrogen) atoms. The molecule has 4 heteroatoms. The van der Waals surface area contributed by atoms with Crippen molar-refractivity contribution in [2.45, 2.75) is 50.6 Å². The third-order valence-electron chi connectivity index (χ3n) is 4.34. The largest absolute Gasteiger partial charge is 0.308 e. The zero-order valence-electron chi connectivity index (χ0n) is 11.2. The molecular formula is C13H26N2OS. The molecule has 1 saturated heterocycles. The third-order valence-corrected chi connectivity index (χ3v) is 5.20. The highest BCUT2D eigenvalue weighted by atomic mass is 32.2. The molecule has 0 bridgehead atoms. The minimum absolute atomic E-state index is 0.415. The lowest BCUT2D eigenvalue weighted by atomic mass is 9.92. The molecule has 1 spiro atoms. The average molecular weight is 258 g/mol. The van der Waals surface area contributed by atoms with E-state index in [1.165, 1.54) is 32.2 Å². The van der Waals surface area contributed by atoms with Crippen molar-refractivity contribution in [3.63, 3.8) is 0 Å². The monoisotopic (exact) mass is 258 g/mol. The average Bonchev–Trinajstić information content (AvgIpc) is 2.72. The molecule has 2 atom stereocenters. The Morgan fingerprint density at radius 1 is 1.41 bits per heavy atom. The summed E-state index contributed by atoms with van der Waals surface area (Å²) in [5.41, 5.74) is 0.415. The summed E-state index contributed by atoms with van der Waals surface area (Å²) in [5.74, 6) is 0.851. The Balaban J connectivity index is 1.84. The molecule has 0 amide bonds. The molecule has 1 aliphatic carbocycles. The fourth-order valence-electron chi connectivity index (χ4n) is 3.25. The van der Waals surface area contributed by atoms with Crippen LogP contribution in [0.1, 0.15) is 39.0 Å². The van der Waals surface area contributed by atoms with Gasteiger partial charge >= 0.3 is 0 Å². The fraction of sp³-hybridized carbons (Fsp3) is 1.00. The van der Waals surface area contributed by atoms with Crippen molar-refractivity contribution in [1.29, 1.82) is 0 Å². The van der Waals surface area contributed by atoms with Gasteiger partial charge < -0.3 is 5.32 Å². The van der Waals surface area contributed by atoms with Crippen LogP contribution in [-0.4, -0.2) is 52.3 Å². The van der Waals surface area contributed by atoms with E-state index in [0.717, 1.165) is 25.3 Å². The second kappa shape index (κ2) is 5.81. The van der Waals surface area contributed by atoms with Gasteiger partial charge in [-0.15, -0.1) is 0 Å². The Morgan fingerprint density at radius 3 is 2.76 bits per heavy atom. The van der Waals surface area contributed by atoms with E-state index in [-0.39, 0.29) is 0 Å². The van der Waals surface area contributed by atoms with Crippen LogP contribution in [0.5, 0.6) is 0 Å². The Hall–Kier alpha value is 0.0700. The first kappa shape index (κ1) is 13.5. The second-order valence-electron chi connectivity index (χ2n) is 5.82. The van der Waals surface area contributed by atoms with E-state index in [4.69, 9.17) is 0 Å². The predicted molar refractivity (Wildman–Crippen MR) is 73.8 cm³/mol. The van der Waals surface area contributed by atoms with Gasteiger partial charge in [0, 0.05) is 47.5 Å². The standard InChI is InChI=1S/C13H26N2OS/c1-12-10-14-13(6-3-4-7-13)11-15(12)8-5-9-17(2)16/h12,14H,3-11H2,1-2H3. The maximum atomic E-state index is 11.1. The van der Waals surface area contributed by atoms with Gasteiger partial charge in [0.15, 0.2) is 0 Å². The molecule has 1 aliphatic heterocycles. The van der Waals surface area contributed by atoms with Crippen LogP contribution in [0.15, 0.2) is 0 Å². The highest BCUT2D eigenvalue weighted by Gasteiger charge is 2.39. The molecule has 1 heterocycles. The first-order chi connectivity index (χ1) is 8.11. The van der Waals surface area contributed by atoms with Crippen LogP contribution < -0.4 is 5.32 Å². The summed E-state index contributed by atoms with van der Waals surface area (Å²) >= 11 is 0. The van der Waals surface area contributed by atoms with E-state index in [2.05, 4.69) is 17.1 Å². The van der Waals surface area contributed by atoms with Crippen LogP contribution in [0, 0.1) is 0 Å². The van der Waals surface area contributed by atoms with Gasteiger partial charge in [0.2, 0.25) is 0 Å². The zero-order valence-corrected chi connectivity index (χ0v) is 12.0. The molecule has 0 aromatic heterocycles. The second-order valence-corrected chi connectivity index (χ2v) is 7.37. The summed E-state index contributed by atoms with van der Waals surface area (Å²) in [6, 6.07) is 0.631. The molecule has 2 fully saturated rings. The van der Waals surface area contributed by atoms with Crippen molar-refractivity contribution < 1.29 is 4.21 Å². The predicted octanol–water partition coefficient (Wildman–Crippen LogP) is 1.36. The Bertz CT molecular complexity index is 277. The molecule has 0 radical (unpaired) electrons. The summed E-state index contributed by atoms with van der Waals surface area (Å²) in [5, 5.41) is 3.77. The summed E-state index contributed by atoms with van der Waals surface area (Å²) in [6.07, 6.45) is 8.33. The minimum Gasteiger partial charge on any atom is -0.308 e. The summed E-state index contributed by atoms with van der Waals surface area (Å²) in [4.78, 5) is 2.61. The minimum atomic E-state index is -0.634. The van der Waals surface area contributed by atoms with Gasteiger partial charge in [-0.25, -0.2) is 0 Å². The summed E-state index contributed by atoms with van der Waals surface area (Å²) in [6.45, 7) is 5.74. The van der Waals surface area contributed by atoms with Crippen molar-refractivity contribution in [3.8, 4) is 0 Å². The van der Waals surface area contributed by atoms with Gasteiger partial charge in [-0.05, 0) is 32.7 Å². The highest BCUT2D eigenvalue weighted by Crippen LogP contribution is 2.33. The highest BCUT2D eigenvalue weighted by molar-refractivity contribution is 7.84. The van der Waals surface area contributed by atoms with Crippen LogP contribution in [0.2, 0.25) is 0 Å². The number of hydrogen-bond acceptors (Lipinski definition) is 3. The summed E-state index contributed by atoms with van der Waals surface area (Å²) in [7, 11) is -0.634. The lowest BCUT2D eigenvalue weighted by molar-refractivity contribution is 0.0896. The SMILES string of the molecule is CC1CNC2(CCCC2)CN1CCCS(C)=O. The normalized spacial score (nSPS) is 30.8. The molecule has 100 valence electrons. The number of rotatable bonds is 4. The molecule has 2 unspecified atom stereocenters. The van der Waals surface area contributed by atoms with Gasteiger partial charge in [-0.3, -0.25) is 9.11 Å². The fourth-order valence-corrected chi connectivity index (χ4v) is 3.79. The first-order valence-corrected chi connectivity index (χ1v) is 8.63. The quantitative estimate of drug-likeness (QED) is 0.826. The van der Waals surface area contributed by atoms with Crippen LogP contribution in [0.4, 0.5) is 0 Å². The van der Waals surface area contributed by atoms with Gasteiger partial charge in [0.1, 0.15) is 0 Å². The van der Waals surface area contributed by atoms with Crippen LogP contribution in [-0.2, 0) is 10.8 Å². The smallest absolute Gasteiger partial charge is 0.0309 e. The van der Waals surface area contributed by atoms with Gasteiger partial charge in [-0.1, -0.05) is 12.8 Å². The molecular weight excluding hydrogens is 232 g/mol. The maximum absolute atomic E-state index is 11.1. The van der Waals surface area contributed by atoms with E-state index in [1.807, 2.05) is 0 Å². The first-order valence-electron chi connectivity index (χ1n) is 6.90. The van der Waals surface area contributed by atoms with E-state index in [1.54, 1.807) is 6.26 Å². The molecule has 0 aromatic rings. The molecule has 1 N–H and O–H groups in total. The van der Waals surface area contributed by atoms with E-state index in [0.29, 0.717) is 11.6 Å². The molecule has 2 aliphatic rings. The Kier molecular flexibility index (Phi) is 4.61. The molecule has 3 nitrogen and oxygen atoms in total. The topological polar surface area (TPSA) is 32.3 Å². The van der Waals surface area contributed by atoms with Gasteiger partial charge in [-0.2, -0.15) is 0 Å². The maximum Gasteiger partial charge on any atom is 0.0309 e. The van der Waals surface area contributed by atoms with E-state index >= 15 is 0 Å². The van der Waals surface area contributed by atoms with Crippen LogP contribution in [0.25, 0.3) is 0 Å². The van der Waals surface area contributed by atoms with Crippen molar-refractivity contribution in [3.05, 3.63) is 0 Å². The number of nitrogens with one attached hydrogen (secondary N) is 1. The van der Waals surface area contributed by atoms with Crippen molar-refractivity contribution in [2.75, 3.05) is 31.6 Å². The van der Waals surface area contributed by atoms with Crippen molar-refractivity contribution >= 4 is 10.8 Å². The lowest BCUT2D eigenvalue weighted by Crippen LogP contribution is -2.62. The Morgan fingerprint density at radius 2 is 2.12 bits per heavy atom. The number of piperazine rings is 1. The third kappa shape index (κ3) is 3.52. The van der Waals surface area contributed by atoms with Crippen molar-refractivity contribution in [1.82, 2.24) is 10.2 Å². The van der Waals surface area contributed by atoms with Gasteiger partial charge in [0.25, 0.3) is 0 Å². The van der Waals surface area contributed by atoms with E-state index < -0.39 is 10.8 Å². The Labute approximate surface area is 108 Å². The molecule has 2 rings (SSSR count).